The second-order valence-electron chi connectivity index (χ2n) is 6.84. The zero-order valence-electron chi connectivity index (χ0n) is 17.3. The highest BCUT2D eigenvalue weighted by Crippen LogP contribution is 2.30. The molecule has 0 fully saturated rings. The lowest BCUT2D eigenvalue weighted by molar-refractivity contribution is -0.145. The number of nitrogens with one attached hydrogen (secondary N) is 3. The van der Waals surface area contributed by atoms with E-state index in [9.17, 15) is 13.4 Å². The van der Waals surface area contributed by atoms with Crippen molar-refractivity contribution in [2.45, 2.75) is 24.8 Å². The van der Waals surface area contributed by atoms with Gasteiger partial charge in [0.1, 0.15) is 16.0 Å². The largest absolute Gasteiger partial charge is 0.494 e. The second kappa shape index (κ2) is 9.27. The number of nitrogens with zero attached hydrogens (tertiary/aromatic N) is 1. The molecule has 2 atom stereocenters. The molecule has 0 aliphatic carbocycles. The van der Waals surface area contributed by atoms with Gasteiger partial charge in [0.05, 0.1) is 17.5 Å². The van der Waals surface area contributed by atoms with Crippen molar-refractivity contribution in [3.63, 3.8) is 0 Å². The van der Waals surface area contributed by atoms with Gasteiger partial charge >= 0.3 is 5.97 Å². The van der Waals surface area contributed by atoms with Crippen molar-refractivity contribution in [3.8, 4) is 5.75 Å². The van der Waals surface area contributed by atoms with Gasteiger partial charge in [0.15, 0.2) is 11.6 Å². The number of rotatable bonds is 8. The lowest BCUT2D eigenvalue weighted by Gasteiger charge is -2.15. The first-order valence-electron chi connectivity index (χ1n) is 9.39. The third kappa shape index (κ3) is 5.47. The molecular formula is C21H23FN4O4S. The van der Waals surface area contributed by atoms with E-state index in [2.05, 4.69) is 15.0 Å². The smallest absolute Gasteiger partial charge is 0.302 e. The molecule has 31 heavy (non-hydrogen) atoms. The van der Waals surface area contributed by atoms with E-state index in [0.29, 0.717) is 22.3 Å². The van der Waals surface area contributed by atoms with Crippen molar-refractivity contribution < 1.29 is 22.9 Å². The van der Waals surface area contributed by atoms with Gasteiger partial charge in [0.25, 0.3) is 0 Å². The van der Waals surface area contributed by atoms with Crippen LogP contribution < -0.4 is 14.8 Å². The molecule has 1 aromatic heterocycles. The molecule has 0 aliphatic heterocycles. The van der Waals surface area contributed by atoms with Crippen LogP contribution in [0.2, 0.25) is 0 Å². The summed E-state index contributed by atoms with van der Waals surface area (Å²) in [6.07, 6.45) is 1.09. The highest BCUT2D eigenvalue weighted by atomic mass is 32.2. The molecular weight excluding hydrogens is 423 g/mol. The van der Waals surface area contributed by atoms with Gasteiger partial charge in [-0.25, -0.2) is 18.1 Å². The molecule has 8 nitrogen and oxygen atoms in total. The lowest BCUT2D eigenvalue weighted by Crippen LogP contribution is -2.32. The third-order valence-electron chi connectivity index (χ3n) is 4.42. The standard InChI is InChI=1S/C21H23FN4O4S/c1-13(30-14(2)27)12-25-31(23,28)16-6-4-15(5-7-16)26-19-8-9-24-20-11-21(29-3)18(22)10-17(19)20/h4-11,13H,12H2,1-3H3,(H,24,26)(H2,23,25,28)/t13-,31?/m1/s1. The summed E-state index contributed by atoms with van der Waals surface area (Å²) in [6, 6.07) is 11.1. The summed E-state index contributed by atoms with van der Waals surface area (Å²) in [5.41, 5.74) is 1.87. The van der Waals surface area contributed by atoms with E-state index in [1.165, 1.54) is 26.2 Å². The molecule has 0 spiro atoms. The predicted octanol–water partition coefficient (Wildman–Crippen LogP) is 3.99. The van der Waals surface area contributed by atoms with Gasteiger partial charge in [-0.3, -0.25) is 9.78 Å². The summed E-state index contributed by atoms with van der Waals surface area (Å²) in [5, 5.41) is 3.76. The Bertz CT molecular complexity index is 1200. The minimum absolute atomic E-state index is 0.0833. The molecule has 2 aromatic carbocycles. The van der Waals surface area contributed by atoms with Crippen LogP contribution in [-0.4, -0.2) is 34.9 Å². The molecule has 3 aromatic rings. The first-order valence-corrected chi connectivity index (χ1v) is 11.0. The highest BCUT2D eigenvalue weighted by Gasteiger charge is 2.14. The van der Waals surface area contributed by atoms with E-state index >= 15 is 0 Å². The topological polar surface area (TPSA) is 113 Å². The number of pyridine rings is 1. The minimum Gasteiger partial charge on any atom is -0.494 e. The van der Waals surface area contributed by atoms with Gasteiger partial charge in [-0.05, 0) is 43.3 Å². The van der Waals surface area contributed by atoms with E-state index in [4.69, 9.17) is 14.3 Å². The molecule has 10 heteroatoms. The van der Waals surface area contributed by atoms with Gasteiger partial charge in [0.2, 0.25) is 0 Å². The fraction of sp³-hybridized carbons (Fsp3) is 0.238. The van der Waals surface area contributed by atoms with E-state index in [-0.39, 0.29) is 17.2 Å². The van der Waals surface area contributed by atoms with Gasteiger partial charge in [-0.15, -0.1) is 0 Å². The summed E-state index contributed by atoms with van der Waals surface area (Å²) in [7, 11) is -1.88. The number of carbonyl (C=O) groups excluding carboxylic acids is 1. The molecule has 3 N–H and O–H groups in total. The van der Waals surface area contributed by atoms with E-state index < -0.39 is 27.8 Å². The van der Waals surface area contributed by atoms with Crippen LogP contribution in [0, 0.1) is 10.6 Å². The molecule has 0 aliphatic rings. The number of halogens is 1. The van der Waals surface area contributed by atoms with Crippen molar-refractivity contribution in [1.29, 1.82) is 4.78 Å². The zero-order valence-corrected chi connectivity index (χ0v) is 18.1. The molecule has 0 radical (unpaired) electrons. The van der Waals surface area contributed by atoms with Crippen molar-refractivity contribution in [2.24, 2.45) is 0 Å². The average molecular weight is 447 g/mol. The fourth-order valence-corrected chi connectivity index (χ4v) is 4.10. The molecule has 1 unspecified atom stereocenters. The van der Waals surface area contributed by atoms with Gasteiger partial charge in [0, 0.05) is 42.5 Å². The Hall–Kier alpha value is -3.24. The Balaban J connectivity index is 1.76. The Kier molecular flexibility index (Phi) is 6.71. The number of hydrogen-bond donors (Lipinski definition) is 3. The van der Waals surface area contributed by atoms with E-state index in [1.807, 2.05) is 0 Å². The average Bonchev–Trinajstić information content (AvgIpc) is 2.72. The number of hydrogen-bond acceptors (Lipinski definition) is 7. The molecule has 0 bridgehead atoms. The maximum absolute atomic E-state index is 14.2. The SMILES string of the molecule is COc1cc2nccc(Nc3ccc(S(=N)(=O)NC[C@@H](C)OC(C)=O)cc3)c2cc1F. The van der Waals surface area contributed by atoms with Crippen LogP contribution in [0.15, 0.2) is 53.6 Å². The number of carbonyl (C=O) groups is 1. The third-order valence-corrected chi connectivity index (χ3v) is 5.93. The molecule has 0 saturated heterocycles. The van der Waals surface area contributed by atoms with Crippen LogP contribution in [-0.2, 0) is 19.4 Å². The quantitative estimate of drug-likeness (QED) is 0.451. The van der Waals surface area contributed by atoms with Crippen molar-refractivity contribution in [3.05, 3.63) is 54.5 Å². The number of methoxy groups -OCH3 is 1. The Morgan fingerprint density at radius 2 is 1.97 bits per heavy atom. The molecule has 1 heterocycles. The number of anilines is 2. The number of fused-ring (bicyclic) bond motifs is 1. The fourth-order valence-electron chi connectivity index (χ4n) is 2.94. The van der Waals surface area contributed by atoms with Crippen LogP contribution >= 0.6 is 0 Å². The Morgan fingerprint density at radius 1 is 1.26 bits per heavy atom. The Morgan fingerprint density at radius 3 is 2.61 bits per heavy atom. The zero-order chi connectivity index (χ0) is 22.6. The summed E-state index contributed by atoms with van der Waals surface area (Å²) in [5.74, 6) is -0.824. The summed E-state index contributed by atoms with van der Waals surface area (Å²) in [6.45, 7) is 3.02. The normalized spacial score (nSPS) is 13.9. The van der Waals surface area contributed by atoms with Crippen LogP contribution in [0.3, 0.4) is 0 Å². The lowest BCUT2D eigenvalue weighted by atomic mass is 10.1. The predicted molar refractivity (Wildman–Crippen MR) is 116 cm³/mol. The molecule has 3 rings (SSSR count). The summed E-state index contributed by atoms with van der Waals surface area (Å²) >= 11 is 0. The summed E-state index contributed by atoms with van der Waals surface area (Å²) < 4.78 is 47.5. The van der Waals surface area contributed by atoms with Crippen molar-refractivity contribution >= 4 is 38.2 Å². The highest BCUT2D eigenvalue weighted by molar-refractivity contribution is 7.90. The van der Waals surface area contributed by atoms with Crippen LogP contribution in [0.1, 0.15) is 13.8 Å². The number of benzene rings is 2. The van der Waals surface area contributed by atoms with Gasteiger partial charge < -0.3 is 14.8 Å². The number of esters is 1. The van der Waals surface area contributed by atoms with Crippen LogP contribution in [0.4, 0.5) is 15.8 Å². The second-order valence-corrected chi connectivity index (χ2v) is 8.71. The maximum atomic E-state index is 14.2. The monoisotopic (exact) mass is 446 g/mol. The van der Waals surface area contributed by atoms with Gasteiger partial charge in [-0.1, -0.05) is 0 Å². The van der Waals surface area contributed by atoms with E-state index in [0.717, 1.165) is 0 Å². The van der Waals surface area contributed by atoms with Gasteiger partial charge in [-0.2, -0.15) is 0 Å². The van der Waals surface area contributed by atoms with Crippen molar-refractivity contribution in [2.75, 3.05) is 19.0 Å². The van der Waals surface area contributed by atoms with Crippen LogP contribution in [0.5, 0.6) is 5.75 Å². The Labute approximate surface area is 179 Å². The number of aromatic nitrogens is 1. The van der Waals surface area contributed by atoms with E-state index in [1.54, 1.807) is 43.5 Å². The number of ether oxygens (including phenoxy) is 2. The van der Waals surface area contributed by atoms with Crippen LogP contribution in [0.25, 0.3) is 10.9 Å². The summed E-state index contributed by atoms with van der Waals surface area (Å²) in [4.78, 5) is 15.5. The maximum Gasteiger partial charge on any atom is 0.302 e. The first kappa shape index (κ1) is 22.4. The molecule has 0 amide bonds. The molecule has 0 saturated carbocycles. The first-order chi connectivity index (χ1) is 14.7. The molecule has 164 valence electrons. The minimum atomic E-state index is -3.27. The van der Waals surface area contributed by atoms with Crippen molar-refractivity contribution in [1.82, 2.24) is 9.71 Å².